The second kappa shape index (κ2) is 7.20. The highest BCUT2D eigenvalue weighted by atomic mass is 16.3. The van der Waals surface area contributed by atoms with E-state index in [1.807, 2.05) is 30.3 Å². The van der Waals surface area contributed by atoms with E-state index >= 15 is 0 Å². The number of imidazole rings is 1. The molecule has 12 heteroatoms. The molecule has 1 aromatic carbocycles. The van der Waals surface area contributed by atoms with Crippen molar-refractivity contribution in [2.75, 3.05) is 5.32 Å². The molecular weight excluding hydrogens is 412 g/mol. The van der Waals surface area contributed by atoms with E-state index < -0.39 is 0 Å². The quantitative estimate of drug-likeness (QED) is 0.363. The molecule has 4 aromatic heterocycles. The number of rotatable bonds is 6. The first-order chi connectivity index (χ1) is 15.7. The maximum atomic E-state index is 12.0. The fourth-order valence-corrected chi connectivity index (χ4v) is 3.51. The lowest BCUT2D eigenvalue weighted by atomic mass is 10.2. The lowest BCUT2D eigenvalue weighted by molar-refractivity contribution is -0.117. The van der Waals surface area contributed by atoms with E-state index in [1.54, 1.807) is 15.4 Å². The number of fused-ring (bicyclic) bond motifs is 2. The van der Waals surface area contributed by atoms with Crippen LogP contribution in [0.15, 0.2) is 36.5 Å². The summed E-state index contributed by atoms with van der Waals surface area (Å²) in [5.74, 6) is 1.51. The maximum absolute atomic E-state index is 12.0. The lowest BCUT2D eigenvalue weighted by Crippen LogP contribution is -2.13. The molecule has 3 N–H and O–H groups in total. The second-order valence-electron chi connectivity index (χ2n) is 7.73. The standard InChI is InChI=1S/C20H18N10O2/c31-10-17-22-19(26-25-17)12-3-5-14-15(7-12)29(28-24-14)8-13-4-6-18-21-16(9-30(18)27-13)23-20(32)11-1-2-11/h3-7,9,11,31H,1-2,8,10H2,(H,23,32)(H,22,25,26). The van der Waals surface area contributed by atoms with Crippen molar-refractivity contribution in [1.82, 2.24) is 44.8 Å². The molecule has 32 heavy (non-hydrogen) atoms. The fraction of sp³-hybridized carbons (Fsp3) is 0.250. The van der Waals surface area contributed by atoms with Crippen molar-refractivity contribution in [3.63, 3.8) is 0 Å². The van der Waals surface area contributed by atoms with Crippen LogP contribution in [0.5, 0.6) is 0 Å². The lowest BCUT2D eigenvalue weighted by Gasteiger charge is -2.03. The third kappa shape index (κ3) is 3.36. The number of anilines is 1. The van der Waals surface area contributed by atoms with Crippen molar-refractivity contribution in [3.05, 3.63) is 48.0 Å². The summed E-state index contributed by atoms with van der Waals surface area (Å²) >= 11 is 0. The van der Waals surface area contributed by atoms with Gasteiger partial charge in [0.1, 0.15) is 12.1 Å². The Labute approximate surface area is 180 Å². The van der Waals surface area contributed by atoms with E-state index in [9.17, 15) is 9.90 Å². The number of benzene rings is 1. The van der Waals surface area contributed by atoms with Crippen LogP contribution in [0, 0.1) is 5.92 Å². The molecule has 4 heterocycles. The fourth-order valence-electron chi connectivity index (χ4n) is 3.51. The summed E-state index contributed by atoms with van der Waals surface area (Å²) in [4.78, 5) is 20.6. The smallest absolute Gasteiger partial charge is 0.228 e. The van der Waals surface area contributed by atoms with Gasteiger partial charge in [0.25, 0.3) is 0 Å². The highest BCUT2D eigenvalue weighted by molar-refractivity contribution is 5.93. The van der Waals surface area contributed by atoms with Gasteiger partial charge in [0, 0.05) is 11.5 Å². The van der Waals surface area contributed by atoms with Crippen molar-refractivity contribution in [3.8, 4) is 11.4 Å². The van der Waals surface area contributed by atoms with E-state index in [4.69, 9.17) is 0 Å². The second-order valence-corrected chi connectivity index (χ2v) is 7.73. The Balaban J connectivity index is 1.28. The molecule has 160 valence electrons. The zero-order chi connectivity index (χ0) is 21.7. The Bertz CT molecular complexity index is 1460. The number of nitrogens with one attached hydrogen (secondary N) is 2. The summed E-state index contributed by atoms with van der Waals surface area (Å²) in [6, 6.07) is 9.34. The minimum atomic E-state index is -0.205. The van der Waals surface area contributed by atoms with Crippen molar-refractivity contribution in [1.29, 1.82) is 0 Å². The topological polar surface area (TPSA) is 152 Å². The number of hydrogen-bond donors (Lipinski definition) is 3. The Kier molecular flexibility index (Phi) is 4.18. The van der Waals surface area contributed by atoms with Gasteiger partial charge in [-0.3, -0.25) is 9.89 Å². The molecule has 1 aliphatic carbocycles. The molecule has 0 radical (unpaired) electrons. The average molecular weight is 430 g/mol. The van der Waals surface area contributed by atoms with Crippen molar-refractivity contribution in [2.24, 2.45) is 5.92 Å². The molecule has 0 saturated heterocycles. The van der Waals surface area contributed by atoms with Crippen LogP contribution in [0.3, 0.4) is 0 Å². The minimum Gasteiger partial charge on any atom is -0.388 e. The zero-order valence-corrected chi connectivity index (χ0v) is 16.8. The molecule has 0 spiro atoms. The molecule has 0 atom stereocenters. The van der Waals surface area contributed by atoms with Crippen molar-refractivity contribution in [2.45, 2.75) is 26.0 Å². The van der Waals surface area contributed by atoms with Gasteiger partial charge in [0.2, 0.25) is 5.91 Å². The largest absolute Gasteiger partial charge is 0.388 e. The van der Waals surface area contributed by atoms with E-state index in [0.29, 0.717) is 29.7 Å². The highest BCUT2D eigenvalue weighted by Crippen LogP contribution is 2.30. The van der Waals surface area contributed by atoms with Gasteiger partial charge in [0.15, 0.2) is 23.1 Å². The number of aliphatic hydroxyl groups excluding tert-OH is 1. The van der Waals surface area contributed by atoms with Gasteiger partial charge in [0.05, 0.1) is 24.0 Å². The Hall–Kier alpha value is -4.19. The Morgan fingerprint density at radius 1 is 1.22 bits per heavy atom. The maximum Gasteiger partial charge on any atom is 0.228 e. The summed E-state index contributed by atoms with van der Waals surface area (Å²) in [6.45, 7) is 0.191. The number of carbonyl (C=O) groups excluding carboxylic acids is 1. The first-order valence-corrected chi connectivity index (χ1v) is 10.2. The van der Waals surface area contributed by atoms with Gasteiger partial charge in [-0.2, -0.15) is 10.2 Å². The van der Waals surface area contributed by atoms with Gasteiger partial charge in [-0.05, 0) is 43.2 Å². The predicted octanol–water partition coefficient (Wildman–Crippen LogP) is 1.15. The summed E-state index contributed by atoms with van der Waals surface area (Å²) < 4.78 is 3.39. The van der Waals surface area contributed by atoms with Crippen LogP contribution in [0.25, 0.3) is 28.1 Å². The summed E-state index contributed by atoms with van der Waals surface area (Å²) in [7, 11) is 0. The number of aromatic nitrogens is 9. The van der Waals surface area contributed by atoms with Crippen LogP contribution in [-0.2, 0) is 17.9 Å². The molecule has 1 saturated carbocycles. The monoisotopic (exact) mass is 430 g/mol. The van der Waals surface area contributed by atoms with Gasteiger partial charge in [-0.1, -0.05) is 5.21 Å². The Morgan fingerprint density at radius 2 is 2.12 bits per heavy atom. The number of aromatic amines is 1. The summed E-state index contributed by atoms with van der Waals surface area (Å²) in [6.07, 6.45) is 3.58. The molecule has 0 unspecified atom stereocenters. The van der Waals surface area contributed by atoms with Gasteiger partial charge in [-0.15, -0.1) is 5.10 Å². The molecule has 1 fully saturated rings. The third-order valence-electron chi connectivity index (χ3n) is 5.34. The van der Waals surface area contributed by atoms with Gasteiger partial charge >= 0.3 is 0 Å². The van der Waals surface area contributed by atoms with Crippen molar-refractivity contribution < 1.29 is 9.90 Å². The number of hydrogen-bond acceptors (Lipinski definition) is 8. The molecule has 6 rings (SSSR count). The first kappa shape index (κ1) is 18.6. The van der Waals surface area contributed by atoms with E-state index in [2.05, 4.69) is 40.9 Å². The normalized spacial score (nSPS) is 13.8. The van der Waals surface area contributed by atoms with Crippen LogP contribution in [0.2, 0.25) is 0 Å². The van der Waals surface area contributed by atoms with Gasteiger partial charge < -0.3 is 10.4 Å². The summed E-state index contributed by atoms with van der Waals surface area (Å²) in [5, 5.41) is 31.9. The zero-order valence-electron chi connectivity index (χ0n) is 16.8. The van der Waals surface area contributed by atoms with Crippen LogP contribution < -0.4 is 5.32 Å². The third-order valence-corrected chi connectivity index (χ3v) is 5.34. The van der Waals surface area contributed by atoms with E-state index in [0.717, 1.165) is 35.1 Å². The molecule has 0 aliphatic heterocycles. The van der Waals surface area contributed by atoms with Crippen molar-refractivity contribution >= 4 is 28.4 Å². The van der Waals surface area contributed by atoms with E-state index in [1.165, 1.54) is 0 Å². The minimum absolute atomic E-state index is 0.0102. The number of H-pyrrole nitrogens is 1. The predicted molar refractivity (Wildman–Crippen MR) is 112 cm³/mol. The van der Waals surface area contributed by atoms with E-state index in [-0.39, 0.29) is 18.4 Å². The molecular formula is C20H18N10O2. The number of nitrogens with zero attached hydrogens (tertiary/aromatic N) is 8. The molecule has 1 aliphatic rings. The molecule has 5 aromatic rings. The highest BCUT2D eigenvalue weighted by Gasteiger charge is 2.30. The van der Waals surface area contributed by atoms with Gasteiger partial charge in [-0.25, -0.2) is 19.2 Å². The average Bonchev–Trinajstić information content (AvgIpc) is 3.23. The molecule has 12 nitrogen and oxygen atoms in total. The van der Waals surface area contributed by atoms with Crippen LogP contribution in [0.4, 0.5) is 5.82 Å². The van der Waals surface area contributed by atoms with Crippen LogP contribution >= 0.6 is 0 Å². The number of aliphatic hydroxyl groups is 1. The van der Waals surface area contributed by atoms with Crippen LogP contribution in [-0.4, -0.2) is 55.8 Å². The Morgan fingerprint density at radius 3 is 2.94 bits per heavy atom. The first-order valence-electron chi connectivity index (χ1n) is 10.2. The number of carbonyl (C=O) groups is 1. The van der Waals surface area contributed by atoms with Crippen LogP contribution in [0.1, 0.15) is 24.4 Å². The molecule has 0 bridgehead atoms. The number of amides is 1. The summed E-state index contributed by atoms with van der Waals surface area (Å²) in [5.41, 5.74) is 3.73. The molecule has 1 amide bonds. The SMILES string of the molecule is O=C(Nc1cn2nc(Cn3nnc4ccc(-c5n[nH]c(CO)n5)cc43)ccc2n1)C1CC1.